The van der Waals surface area contributed by atoms with E-state index in [1.165, 1.54) is 45.5 Å². The van der Waals surface area contributed by atoms with Crippen LogP contribution in [0.25, 0.3) is 0 Å². The van der Waals surface area contributed by atoms with Gasteiger partial charge in [-0.05, 0) is 76.7 Å². The Hall–Kier alpha value is -4.46. The minimum Gasteiger partial charge on any atom is -0.382 e. The van der Waals surface area contributed by atoms with E-state index in [1.807, 2.05) is 0 Å². The molecule has 0 spiro atoms. The van der Waals surface area contributed by atoms with E-state index in [4.69, 9.17) is 0 Å². The number of nitrogens with zero attached hydrogens (tertiary/aromatic N) is 8. The van der Waals surface area contributed by atoms with Crippen molar-refractivity contribution in [3.8, 4) is 0 Å². The van der Waals surface area contributed by atoms with Gasteiger partial charge >= 0.3 is 28.5 Å². The second-order valence-electron chi connectivity index (χ2n) is 11.4. The van der Waals surface area contributed by atoms with E-state index in [0.29, 0.717) is 0 Å². The Kier molecular flexibility index (Phi) is 4.24. The molecule has 0 atom stereocenters. The minimum absolute atomic E-state index is 0.0446. The third-order valence-electron chi connectivity index (χ3n) is 9.54. The van der Waals surface area contributed by atoms with Crippen LogP contribution in [0.2, 0.25) is 0 Å². The maximum atomic E-state index is 2.63. The molecular formula is C28H28B4N8. The minimum atomic E-state index is -0.0446. The molecule has 40 heavy (non-hydrogen) atoms. The van der Waals surface area contributed by atoms with Crippen LogP contribution in [0.15, 0.2) is 97.1 Å². The molecule has 0 aliphatic carbocycles. The van der Waals surface area contributed by atoms with Gasteiger partial charge in [-0.25, -0.2) is 0 Å². The molecule has 4 aromatic carbocycles. The highest BCUT2D eigenvalue weighted by atomic mass is 15.6. The molecule has 1 fully saturated rings. The molecule has 5 aliphatic rings. The van der Waals surface area contributed by atoms with Gasteiger partial charge in [-0.3, -0.25) is 0 Å². The molecule has 5 heterocycles. The Balaban J connectivity index is 1.38. The number of anilines is 8. The highest BCUT2D eigenvalue weighted by Crippen LogP contribution is 2.53. The van der Waals surface area contributed by atoms with Crippen molar-refractivity contribution in [2.24, 2.45) is 0 Å². The lowest BCUT2D eigenvalue weighted by molar-refractivity contribution is 1.21. The Morgan fingerprint density at radius 3 is 0.675 bits per heavy atom. The highest BCUT2D eigenvalue weighted by molar-refractivity contribution is 7.10. The third-order valence-corrected chi connectivity index (χ3v) is 9.54. The number of hydrogen-bond donors (Lipinski definition) is 0. The molecule has 9 rings (SSSR count). The van der Waals surface area contributed by atoms with Crippen LogP contribution in [0.5, 0.6) is 0 Å². The van der Waals surface area contributed by atoms with Crippen molar-refractivity contribution in [3.63, 3.8) is 0 Å². The summed E-state index contributed by atoms with van der Waals surface area (Å²) in [5.74, 6) is 0. The van der Waals surface area contributed by atoms with E-state index in [1.54, 1.807) is 0 Å². The summed E-state index contributed by atoms with van der Waals surface area (Å²) >= 11 is 0. The van der Waals surface area contributed by atoms with Gasteiger partial charge in [0.15, 0.2) is 0 Å². The summed E-state index contributed by atoms with van der Waals surface area (Å²) in [6.07, 6.45) is 0. The van der Waals surface area contributed by atoms with E-state index in [0.717, 1.165) is 0 Å². The number of benzene rings is 4. The summed E-state index contributed by atoms with van der Waals surface area (Å²) in [6.45, 7) is 0. The zero-order valence-corrected chi connectivity index (χ0v) is 23.1. The average molecular weight is 520 g/mol. The van der Waals surface area contributed by atoms with Gasteiger partial charge in [0.1, 0.15) is 0 Å². The Morgan fingerprint density at radius 1 is 0.300 bits per heavy atom. The van der Waals surface area contributed by atoms with Gasteiger partial charge in [0.25, 0.3) is 0 Å². The standard InChI is InChI=1S/C28H28B4N8/c1-33-21-13-5-9-17-25(21)37-29(33)38-26-18-10-6-14-22(26)34(2)31(38)40-28-20-12-8-16-24(28)36(4)32(40)39-27-19-11-7-15-23(27)35(3)30(37)39/h5-20H,1-4H3. The molecule has 4 aromatic rings. The maximum Gasteiger partial charge on any atom is 0.484 e. The zero-order chi connectivity index (χ0) is 26.9. The fourth-order valence-electron chi connectivity index (χ4n) is 7.92. The molecule has 0 aromatic heterocycles. The van der Waals surface area contributed by atoms with E-state index < -0.39 is 0 Å². The summed E-state index contributed by atoms with van der Waals surface area (Å²) < 4.78 is 10.5. The van der Waals surface area contributed by atoms with Crippen molar-refractivity contribution in [1.29, 1.82) is 0 Å². The van der Waals surface area contributed by atoms with Gasteiger partial charge in [0.2, 0.25) is 0 Å². The van der Waals surface area contributed by atoms with Gasteiger partial charge < -0.3 is 38.1 Å². The maximum absolute atomic E-state index is 2.63. The molecule has 0 N–H and O–H groups in total. The van der Waals surface area contributed by atoms with Gasteiger partial charge in [-0.15, -0.1) is 0 Å². The van der Waals surface area contributed by atoms with Crippen LogP contribution >= 0.6 is 0 Å². The Labute approximate surface area is 237 Å². The van der Waals surface area contributed by atoms with Crippen LogP contribution in [0, 0.1) is 0 Å². The van der Waals surface area contributed by atoms with Crippen molar-refractivity contribution in [2.75, 3.05) is 66.3 Å². The monoisotopic (exact) mass is 520 g/mol. The molecule has 0 radical (unpaired) electrons. The first kappa shape index (κ1) is 22.4. The smallest absolute Gasteiger partial charge is 0.382 e. The Morgan fingerprint density at radius 2 is 0.475 bits per heavy atom. The van der Waals surface area contributed by atoms with Crippen molar-refractivity contribution in [3.05, 3.63) is 97.1 Å². The third kappa shape index (κ3) is 2.49. The zero-order valence-electron chi connectivity index (χ0n) is 23.1. The predicted molar refractivity (Wildman–Crippen MR) is 172 cm³/mol. The summed E-state index contributed by atoms with van der Waals surface area (Å²) in [5.41, 5.74) is 10.0. The SMILES string of the molecule is CN1B2N(B3N(C)c4ccccc4N3B3N(C)c4ccccc4N3B3N(C)c4ccccc4N23)c2ccccc21. The lowest BCUT2D eigenvalue weighted by Crippen LogP contribution is -2.84. The van der Waals surface area contributed by atoms with Crippen LogP contribution in [0.4, 0.5) is 45.5 Å². The number of para-hydroxylation sites is 8. The molecule has 0 saturated carbocycles. The fraction of sp³-hybridized carbons (Fsp3) is 0.143. The topological polar surface area (TPSA) is 25.9 Å². The van der Waals surface area contributed by atoms with Crippen molar-refractivity contribution >= 4 is 74.0 Å². The van der Waals surface area contributed by atoms with Crippen LogP contribution in [0.1, 0.15) is 0 Å². The normalized spacial score (nSPS) is 17.9. The first-order valence-electron chi connectivity index (χ1n) is 14.0. The lowest BCUT2D eigenvalue weighted by Gasteiger charge is -2.50. The largest absolute Gasteiger partial charge is 0.484 e. The second kappa shape index (κ2) is 7.59. The Bertz CT molecular complexity index is 1430. The summed E-state index contributed by atoms with van der Waals surface area (Å²) in [5, 5.41) is 0. The molecule has 0 unspecified atom stereocenters. The molecule has 0 bridgehead atoms. The van der Waals surface area contributed by atoms with E-state index in [-0.39, 0.29) is 28.5 Å². The second-order valence-corrected chi connectivity index (χ2v) is 11.4. The molecule has 8 nitrogen and oxygen atoms in total. The summed E-state index contributed by atoms with van der Waals surface area (Å²) in [7, 11) is 8.81. The number of fused-ring (bicyclic) bond motifs is 16. The molecule has 5 aliphatic heterocycles. The highest BCUT2D eigenvalue weighted by Gasteiger charge is 2.68. The molecule has 12 heteroatoms. The van der Waals surface area contributed by atoms with Crippen LogP contribution < -0.4 is 38.1 Å². The molecule has 0 amide bonds. The first-order chi connectivity index (χ1) is 19.6. The fourth-order valence-corrected chi connectivity index (χ4v) is 7.92. The number of hydrogen-bond acceptors (Lipinski definition) is 8. The quantitative estimate of drug-likeness (QED) is 0.324. The average Bonchev–Trinajstić information content (AvgIpc) is 3.63. The lowest BCUT2D eigenvalue weighted by atomic mass is 9.56. The molecule has 1 saturated heterocycles. The van der Waals surface area contributed by atoms with Gasteiger partial charge in [0.05, 0.1) is 0 Å². The molecule has 192 valence electrons. The first-order valence-corrected chi connectivity index (χ1v) is 14.0. The summed E-state index contributed by atoms with van der Waals surface area (Å²) in [6, 6.07) is 35.5. The van der Waals surface area contributed by atoms with Crippen LogP contribution in [-0.2, 0) is 0 Å². The summed E-state index contributed by atoms with van der Waals surface area (Å²) in [4.78, 5) is 9.83. The number of rotatable bonds is 0. The molecular weight excluding hydrogens is 492 g/mol. The van der Waals surface area contributed by atoms with E-state index >= 15 is 0 Å². The predicted octanol–water partition coefficient (Wildman–Crippen LogP) is 3.77. The van der Waals surface area contributed by atoms with Crippen molar-refractivity contribution in [1.82, 2.24) is 0 Å². The van der Waals surface area contributed by atoms with E-state index in [9.17, 15) is 0 Å². The van der Waals surface area contributed by atoms with Crippen LogP contribution in [0.3, 0.4) is 0 Å². The van der Waals surface area contributed by atoms with Crippen molar-refractivity contribution < 1.29 is 0 Å². The van der Waals surface area contributed by atoms with Crippen molar-refractivity contribution in [2.45, 2.75) is 0 Å². The van der Waals surface area contributed by atoms with Gasteiger partial charge in [-0.1, -0.05) is 48.5 Å². The van der Waals surface area contributed by atoms with Crippen LogP contribution in [-0.4, -0.2) is 56.7 Å². The van der Waals surface area contributed by atoms with E-state index in [2.05, 4.69) is 163 Å². The van der Waals surface area contributed by atoms with Gasteiger partial charge in [0, 0.05) is 45.5 Å². The van der Waals surface area contributed by atoms with Gasteiger partial charge in [-0.2, -0.15) is 0 Å².